The van der Waals surface area contributed by atoms with Crippen molar-refractivity contribution in [1.29, 1.82) is 0 Å². The normalized spacial score (nSPS) is 14.4. The van der Waals surface area contributed by atoms with Gasteiger partial charge in [0.2, 0.25) is 5.91 Å². The van der Waals surface area contributed by atoms with E-state index in [1.807, 2.05) is 17.4 Å². The first-order chi connectivity index (χ1) is 8.54. The van der Waals surface area contributed by atoms with Crippen LogP contribution in [0.15, 0.2) is 24.3 Å². The summed E-state index contributed by atoms with van der Waals surface area (Å²) in [5.41, 5.74) is 2.87. The Bertz CT molecular complexity index is 502. The van der Waals surface area contributed by atoms with E-state index in [1.165, 1.54) is 0 Å². The van der Waals surface area contributed by atoms with Crippen LogP contribution in [0, 0.1) is 3.57 Å². The fourth-order valence-electron chi connectivity index (χ4n) is 1.35. The number of imide groups is 1. The molecule has 5 amide bonds. The zero-order valence-corrected chi connectivity index (χ0v) is 11.2. The number of nitrogens with zero attached hydrogens (tertiary/aromatic N) is 1. The zero-order valence-electron chi connectivity index (χ0n) is 9.07. The van der Waals surface area contributed by atoms with Crippen molar-refractivity contribution in [1.82, 2.24) is 15.8 Å². The Morgan fingerprint density at radius 3 is 2.50 bits per heavy atom. The first-order valence-corrected chi connectivity index (χ1v) is 6.07. The third-order valence-electron chi connectivity index (χ3n) is 2.13. The van der Waals surface area contributed by atoms with E-state index < -0.39 is 18.0 Å². The van der Waals surface area contributed by atoms with Gasteiger partial charge in [0.1, 0.15) is 6.54 Å². The quantitative estimate of drug-likeness (QED) is 0.540. The predicted octanol–water partition coefficient (Wildman–Crippen LogP) is 0.879. The maximum Gasteiger partial charge on any atom is 0.343 e. The summed E-state index contributed by atoms with van der Waals surface area (Å²) in [7, 11) is 0. The van der Waals surface area contributed by atoms with Crippen LogP contribution in [0.3, 0.4) is 0 Å². The van der Waals surface area contributed by atoms with Crippen molar-refractivity contribution in [3.63, 3.8) is 0 Å². The van der Waals surface area contributed by atoms with Crippen LogP contribution in [-0.4, -0.2) is 29.5 Å². The van der Waals surface area contributed by atoms with Gasteiger partial charge in [-0.25, -0.2) is 20.0 Å². The minimum atomic E-state index is -0.641. The minimum absolute atomic E-state index is 0.182. The molecule has 1 aromatic carbocycles. The van der Waals surface area contributed by atoms with Crippen LogP contribution in [0.2, 0.25) is 0 Å². The molecule has 0 spiro atoms. The van der Waals surface area contributed by atoms with Crippen molar-refractivity contribution in [2.24, 2.45) is 0 Å². The summed E-state index contributed by atoms with van der Waals surface area (Å²) in [5, 5.41) is 5.50. The topological polar surface area (TPSA) is 90.5 Å². The highest BCUT2D eigenvalue weighted by atomic mass is 127. The number of carbonyl (C=O) groups excluding carboxylic acids is 3. The molecule has 1 heterocycles. The van der Waals surface area contributed by atoms with E-state index in [-0.39, 0.29) is 6.54 Å². The summed E-state index contributed by atoms with van der Waals surface area (Å²) in [4.78, 5) is 33.6. The van der Waals surface area contributed by atoms with Gasteiger partial charge in [0.25, 0.3) is 0 Å². The number of rotatable bonds is 2. The largest absolute Gasteiger partial charge is 0.343 e. The fourth-order valence-corrected chi connectivity index (χ4v) is 1.71. The van der Waals surface area contributed by atoms with Crippen LogP contribution in [0.4, 0.5) is 15.3 Å². The van der Waals surface area contributed by atoms with Gasteiger partial charge in [-0.15, -0.1) is 0 Å². The van der Waals surface area contributed by atoms with Gasteiger partial charge in [-0.05, 0) is 46.9 Å². The number of urea groups is 2. The van der Waals surface area contributed by atoms with Gasteiger partial charge in [0.15, 0.2) is 0 Å². The van der Waals surface area contributed by atoms with Gasteiger partial charge in [0.05, 0.1) is 0 Å². The predicted molar refractivity (Wildman–Crippen MR) is 71.6 cm³/mol. The smallest absolute Gasteiger partial charge is 0.307 e. The van der Waals surface area contributed by atoms with Crippen LogP contribution in [0.5, 0.6) is 0 Å². The Morgan fingerprint density at radius 2 is 1.94 bits per heavy atom. The molecule has 8 heteroatoms. The van der Waals surface area contributed by atoms with E-state index in [1.54, 1.807) is 12.1 Å². The second-order valence-electron chi connectivity index (χ2n) is 3.51. The molecule has 7 nitrogen and oxygen atoms in total. The lowest BCUT2D eigenvalue weighted by Gasteiger charge is -2.15. The number of halogens is 1. The van der Waals surface area contributed by atoms with E-state index in [4.69, 9.17) is 0 Å². The second-order valence-corrected chi connectivity index (χ2v) is 4.76. The molecule has 0 aromatic heterocycles. The number of hydrogen-bond acceptors (Lipinski definition) is 3. The van der Waals surface area contributed by atoms with Crippen LogP contribution >= 0.6 is 22.6 Å². The highest BCUT2D eigenvalue weighted by Gasteiger charge is 2.28. The summed E-state index contributed by atoms with van der Waals surface area (Å²) in [5.74, 6) is -0.449. The summed E-state index contributed by atoms with van der Waals surface area (Å²) < 4.78 is 1.04. The van der Waals surface area contributed by atoms with Crippen molar-refractivity contribution >= 4 is 46.2 Å². The van der Waals surface area contributed by atoms with Crippen molar-refractivity contribution in [3.8, 4) is 0 Å². The van der Waals surface area contributed by atoms with Gasteiger partial charge in [-0.3, -0.25) is 10.1 Å². The highest BCUT2D eigenvalue weighted by Crippen LogP contribution is 2.10. The number of benzene rings is 1. The first-order valence-electron chi connectivity index (χ1n) is 4.99. The molecule has 0 atom stereocenters. The van der Waals surface area contributed by atoms with Crippen molar-refractivity contribution < 1.29 is 14.4 Å². The fraction of sp³-hybridized carbons (Fsp3) is 0.100. The van der Waals surface area contributed by atoms with E-state index in [0.29, 0.717) is 5.69 Å². The lowest BCUT2D eigenvalue weighted by molar-refractivity contribution is -0.118. The Labute approximate surface area is 116 Å². The van der Waals surface area contributed by atoms with Gasteiger partial charge in [-0.1, -0.05) is 0 Å². The monoisotopic (exact) mass is 360 g/mol. The van der Waals surface area contributed by atoms with Gasteiger partial charge in [-0.2, -0.15) is 0 Å². The van der Waals surface area contributed by atoms with Gasteiger partial charge in [0, 0.05) is 9.26 Å². The minimum Gasteiger partial charge on any atom is -0.307 e. The lowest BCUT2D eigenvalue weighted by Crippen LogP contribution is -2.46. The van der Waals surface area contributed by atoms with E-state index in [0.717, 1.165) is 8.58 Å². The molecular formula is C10H9IN4O3. The number of carbonyl (C=O) groups is 3. The number of anilines is 1. The standard InChI is InChI=1S/C10H9IN4O3/c11-6-1-3-7(4-2-6)12-9(17)14-15-5-8(16)13-10(15)18/h1-4H,5H2,(H2,12,14,17)(H,13,16,18). The Balaban J connectivity index is 1.91. The molecule has 1 aromatic rings. The van der Waals surface area contributed by atoms with Crippen LogP contribution in [0.1, 0.15) is 0 Å². The second kappa shape index (κ2) is 5.21. The summed E-state index contributed by atoms with van der Waals surface area (Å²) in [6.45, 7) is -0.182. The summed E-state index contributed by atoms with van der Waals surface area (Å²) >= 11 is 2.15. The van der Waals surface area contributed by atoms with E-state index in [2.05, 4.69) is 33.3 Å². The molecule has 1 saturated heterocycles. The third-order valence-corrected chi connectivity index (χ3v) is 2.85. The molecule has 0 bridgehead atoms. The molecule has 0 saturated carbocycles. The van der Waals surface area contributed by atoms with E-state index in [9.17, 15) is 14.4 Å². The summed E-state index contributed by atoms with van der Waals surface area (Å²) in [6.07, 6.45) is 0. The highest BCUT2D eigenvalue weighted by molar-refractivity contribution is 14.1. The molecule has 94 valence electrons. The molecule has 0 radical (unpaired) electrons. The molecule has 3 N–H and O–H groups in total. The average molecular weight is 360 g/mol. The summed E-state index contributed by atoms with van der Waals surface area (Å²) in [6, 6.07) is 5.91. The van der Waals surface area contributed by atoms with Crippen LogP contribution in [-0.2, 0) is 4.79 Å². The molecule has 18 heavy (non-hydrogen) atoms. The third kappa shape index (κ3) is 3.09. The van der Waals surface area contributed by atoms with Crippen molar-refractivity contribution in [2.75, 3.05) is 11.9 Å². The maximum atomic E-state index is 11.5. The number of hydrazine groups is 1. The zero-order chi connectivity index (χ0) is 13.1. The molecule has 2 rings (SSSR count). The van der Waals surface area contributed by atoms with Crippen molar-refractivity contribution in [3.05, 3.63) is 27.8 Å². The van der Waals surface area contributed by atoms with Gasteiger partial charge < -0.3 is 5.32 Å². The van der Waals surface area contributed by atoms with Crippen LogP contribution in [0.25, 0.3) is 0 Å². The molecule has 1 aliphatic heterocycles. The number of nitrogens with one attached hydrogen (secondary N) is 3. The Morgan fingerprint density at radius 1 is 1.28 bits per heavy atom. The number of hydrogen-bond donors (Lipinski definition) is 3. The lowest BCUT2D eigenvalue weighted by atomic mass is 10.3. The van der Waals surface area contributed by atoms with E-state index >= 15 is 0 Å². The van der Waals surface area contributed by atoms with Crippen molar-refractivity contribution in [2.45, 2.75) is 0 Å². The first kappa shape index (κ1) is 12.6. The van der Waals surface area contributed by atoms with Crippen LogP contribution < -0.4 is 16.1 Å². The molecule has 1 aliphatic rings. The maximum absolute atomic E-state index is 11.5. The van der Waals surface area contributed by atoms with Gasteiger partial charge >= 0.3 is 12.1 Å². The average Bonchev–Trinajstić information content (AvgIpc) is 2.61. The molecule has 1 fully saturated rings. The number of amides is 5. The molecule has 0 unspecified atom stereocenters. The SMILES string of the molecule is O=C1CN(NC(=O)Nc2ccc(I)cc2)C(=O)N1. The molecular weight excluding hydrogens is 351 g/mol. The Kier molecular flexibility index (Phi) is 3.65. The molecule has 0 aliphatic carbocycles. The Hall–Kier alpha value is -1.84.